The van der Waals surface area contributed by atoms with Crippen molar-refractivity contribution in [1.82, 2.24) is 0 Å². The van der Waals surface area contributed by atoms with Crippen molar-refractivity contribution in [2.24, 2.45) is 0 Å². The van der Waals surface area contributed by atoms with Gasteiger partial charge in [0.1, 0.15) is 0 Å². The Morgan fingerprint density at radius 2 is 1.19 bits per heavy atom. The molecule has 4 heteroatoms. The Labute approximate surface area is 162 Å². The number of rotatable bonds is 8. The highest BCUT2D eigenvalue weighted by Gasteiger charge is 2.19. The van der Waals surface area contributed by atoms with Crippen LogP contribution in [0.2, 0.25) is 0 Å². The maximum atomic E-state index is 6.02. The number of hydrogen-bond acceptors (Lipinski definition) is 4. The minimum atomic E-state index is -0.678. The van der Waals surface area contributed by atoms with Gasteiger partial charge >= 0.3 is 0 Å². The molecule has 0 spiro atoms. The van der Waals surface area contributed by atoms with Gasteiger partial charge in [-0.05, 0) is 80.2 Å². The summed E-state index contributed by atoms with van der Waals surface area (Å²) in [5.74, 6) is 0. The zero-order valence-electron chi connectivity index (χ0n) is 16.3. The van der Waals surface area contributed by atoms with E-state index in [4.69, 9.17) is 26.4 Å². The molecule has 0 aromatic heterocycles. The molecule has 0 aliphatic heterocycles. The average Bonchev–Trinajstić information content (AvgIpc) is 2.59. The summed E-state index contributed by atoms with van der Waals surface area (Å²) in [5.41, 5.74) is 7.10. The van der Waals surface area contributed by atoms with Crippen LogP contribution in [0.1, 0.15) is 40.3 Å². The lowest BCUT2D eigenvalue weighted by molar-refractivity contribution is -0.121. The van der Waals surface area contributed by atoms with E-state index < -0.39 is 6.29 Å². The SMILES string of the molecule is CCOC(=S)C(OCc1c(C)cccc1C)OCc1c(C)cccc1C. The van der Waals surface area contributed by atoms with Gasteiger partial charge in [-0.3, -0.25) is 0 Å². The molecular weight excluding hydrogens is 344 g/mol. The molecule has 3 nitrogen and oxygen atoms in total. The van der Waals surface area contributed by atoms with E-state index in [1.54, 1.807) is 0 Å². The van der Waals surface area contributed by atoms with E-state index in [0.717, 1.165) is 11.1 Å². The van der Waals surface area contributed by atoms with Gasteiger partial charge in [0.2, 0.25) is 11.3 Å². The Morgan fingerprint density at radius 3 is 1.54 bits per heavy atom. The van der Waals surface area contributed by atoms with E-state index in [1.807, 2.05) is 19.1 Å². The Kier molecular flexibility index (Phi) is 7.76. The molecule has 0 bridgehead atoms. The number of hydrogen-bond donors (Lipinski definition) is 0. The molecule has 0 aliphatic rings. The van der Waals surface area contributed by atoms with Crippen molar-refractivity contribution in [3.63, 3.8) is 0 Å². The van der Waals surface area contributed by atoms with Crippen LogP contribution in [-0.4, -0.2) is 17.9 Å². The van der Waals surface area contributed by atoms with Crippen molar-refractivity contribution in [1.29, 1.82) is 0 Å². The summed E-state index contributed by atoms with van der Waals surface area (Å²) in [6.07, 6.45) is -0.678. The second-order valence-corrected chi connectivity index (χ2v) is 6.85. The van der Waals surface area contributed by atoms with Crippen molar-refractivity contribution in [3.8, 4) is 0 Å². The summed E-state index contributed by atoms with van der Waals surface area (Å²) in [7, 11) is 0. The van der Waals surface area contributed by atoms with Gasteiger partial charge in [-0.25, -0.2) is 0 Å². The van der Waals surface area contributed by atoms with Crippen LogP contribution in [-0.2, 0) is 27.4 Å². The molecule has 0 fully saturated rings. The predicted octanol–water partition coefficient (Wildman–Crippen LogP) is 5.34. The Bertz CT molecular complexity index is 659. The molecule has 0 heterocycles. The fraction of sp³-hybridized carbons (Fsp3) is 0.409. The molecule has 2 rings (SSSR count). The molecule has 2 aromatic carbocycles. The van der Waals surface area contributed by atoms with E-state index >= 15 is 0 Å². The Balaban J connectivity index is 2.10. The summed E-state index contributed by atoms with van der Waals surface area (Å²) in [5, 5.41) is 0.338. The first kappa shape index (κ1) is 20.6. The van der Waals surface area contributed by atoms with E-state index in [0.29, 0.717) is 24.9 Å². The van der Waals surface area contributed by atoms with Gasteiger partial charge in [-0.2, -0.15) is 0 Å². The molecule has 26 heavy (non-hydrogen) atoms. The maximum Gasteiger partial charge on any atom is 0.228 e. The fourth-order valence-electron chi connectivity index (χ4n) is 2.87. The fourth-order valence-corrected chi connectivity index (χ4v) is 3.12. The quantitative estimate of drug-likeness (QED) is 0.461. The highest BCUT2D eigenvalue weighted by atomic mass is 32.1. The van der Waals surface area contributed by atoms with Crippen molar-refractivity contribution in [2.75, 3.05) is 6.61 Å². The van der Waals surface area contributed by atoms with Crippen molar-refractivity contribution in [3.05, 3.63) is 69.8 Å². The van der Waals surface area contributed by atoms with E-state index in [9.17, 15) is 0 Å². The van der Waals surface area contributed by atoms with Gasteiger partial charge in [0.05, 0.1) is 19.8 Å². The molecule has 0 radical (unpaired) electrons. The molecule has 140 valence electrons. The molecule has 0 atom stereocenters. The van der Waals surface area contributed by atoms with Gasteiger partial charge in [0, 0.05) is 0 Å². The lowest BCUT2D eigenvalue weighted by Crippen LogP contribution is -2.28. The van der Waals surface area contributed by atoms with Crippen molar-refractivity contribution >= 4 is 17.3 Å². The summed E-state index contributed by atoms with van der Waals surface area (Å²) in [4.78, 5) is 0. The Morgan fingerprint density at radius 1 is 0.808 bits per heavy atom. The van der Waals surface area contributed by atoms with Crippen LogP contribution in [0.15, 0.2) is 36.4 Å². The molecule has 0 amide bonds. The van der Waals surface area contributed by atoms with Crippen LogP contribution < -0.4 is 0 Å². The van der Waals surface area contributed by atoms with Crippen LogP contribution in [0.25, 0.3) is 0 Å². The molecule has 0 saturated carbocycles. The summed E-state index contributed by atoms with van der Waals surface area (Å²) < 4.78 is 17.5. The maximum absolute atomic E-state index is 6.02. The number of thiocarbonyl (C=S) groups is 1. The molecule has 0 saturated heterocycles. The van der Waals surface area contributed by atoms with Crippen molar-refractivity contribution < 1.29 is 14.2 Å². The first-order valence-corrected chi connectivity index (χ1v) is 9.34. The minimum absolute atomic E-state index is 0.338. The number of benzene rings is 2. The van der Waals surface area contributed by atoms with Crippen LogP contribution in [0.5, 0.6) is 0 Å². The monoisotopic (exact) mass is 372 g/mol. The first-order valence-electron chi connectivity index (χ1n) is 8.94. The highest BCUT2D eigenvalue weighted by Crippen LogP contribution is 2.19. The third kappa shape index (κ3) is 5.37. The van der Waals surface area contributed by atoms with Gasteiger partial charge < -0.3 is 14.2 Å². The zero-order chi connectivity index (χ0) is 19.1. The standard InChI is InChI=1S/C22H28O3S/c1-6-23-22(26)21(24-13-19-15(2)9-7-10-16(19)3)25-14-20-17(4)11-8-12-18(20)5/h7-12,21H,6,13-14H2,1-5H3. The lowest BCUT2D eigenvalue weighted by atomic mass is 10.0. The third-order valence-corrected chi connectivity index (χ3v) is 4.84. The number of aryl methyl sites for hydroxylation is 4. The molecule has 0 N–H and O–H groups in total. The molecule has 0 aliphatic carbocycles. The second-order valence-electron chi connectivity index (χ2n) is 6.45. The number of ether oxygens (including phenoxy) is 3. The smallest absolute Gasteiger partial charge is 0.228 e. The lowest BCUT2D eigenvalue weighted by Gasteiger charge is -2.21. The van der Waals surface area contributed by atoms with Crippen LogP contribution >= 0.6 is 12.2 Å². The molecule has 0 unspecified atom stereocenters. The average molecular weight is 373 g/mol. The van der Waals surface area contributed by atoms with Gasteiger partial charge in [0.15, 0.2) is 0 Å². The normalized spacial score (nSPS) is 11.0. The van der Waals surface area contributed by atoms with Crippen LogP contribution in [0, 0.1) is 27.7 Å². The minimum Gasteiger partial charge on any atom is -0.483 e. The second kappa shape index (κ2) is 9.81. The molecule has 2 aromatic rings. The molecular formula is C22H28O3S. The summed E-state index contributed by atoms with van der Waals surface area (Å²) in [6.45, 7) is 11.6. The van der Waals surface area contributed by atoms with Gasteiger partial charge in [0.25, 0.3) is 0 Å². The van der Waals surface area contributed by atoms with Crippen LogP contribution in [0.3, 0.4) is 0 Å². The van der Waals surface area contributed by atoms with Crippen LogP contribution in [0.4, 0.5) is 0 Å². The van der Waals surface area contributed by atoms with E-state index in [1.165, 1.54) is 22.3 Å². The van der Waals surface area contributed by atoms with Crippen molar-refractivity contribution in [2.45, 2.75) is 54.1 Å². The Hall–Kier alpha value is -1.75. The summed E-state index contributed by atoms with van der Waals surface area (Å²) in [6, 6.07) is 12.4. The van der Waals surface area contributed by atoms with E-state index in [2.05, 4.69) is 52.0 Å². The zero-order valence-corrected chi connectivity index (χ0v) is 17.1. The van der Waals surface area contributed by atoms with E-state index in [-0.39, 0.29) is 0 Å². The topological polar surface area (TPSA) is 27.7 Å². The highest BCUT2D eigenvalue weighted by molar-refractivity contribution is 7.80. The van der Waals surface area contributed by atoms with Gasteiger partial charge in [-0.1, -0.05) is 36.4 Å². The largest absolute Gasteiger partial charge is 0.483 e. The van der Waals surface area contributed by atoms with Gasteiger partial charge in [-0.15, -0.1) is 0 Å². The first-order chi connectivity index (χ1) is 12.4. The summed E-state index contributed by atoms with van der Waals surface area (Å²) >= 11 is 5.36. The predicted molar refractivity (Wildman–Crippen MR) is 109 cm³/mol. The third-order valence-electron chi connectivity index (χ3n) is 4.53.